The van der Waals surface area contributed by atoms with Crippen molar-refractivity contribution in [3.05, 3.63) is 132 Å². The average molecular weight is 564 g/mol. The van der Waals surface area contributed by atoms with Crippen molar-refractivity contribution in [3.63, 3.8) is 0 Å². The molecule has 4 rings (SSSR count). The zero-order chi connectivity index (χ0) is 29.6. The van der Waals surface area contributed by atoms with E-state index in [1.54, 1.807) is 18.1 Å². The number of hydrogen-bond donors (Lipinski definition) is 0. The third-order valence-corrected chi connectivity index (χ3v) is 7.22. The average Bonchev–Trinajstić information content (AvgIpc) is 3.46. The number of unbranched alkanes of at least 4 members (excludes halogenated alkanes) is 2. The summed E-state index contributed by atoms with van der Waals surface area (Å²) in [4.78, 5) is 30.8. The molecule has 0 unspecified atom stereocenters. The fraction of sp³-hybridized carbons (Fsp3) is 0.278. The molecule has 1 aromatic heterocycles. The van der Waals surface area contributed by atoms with Gasteiger partial charge < -0.3 is 19.1 Å². The Morgan fingerprint density at radius 1 is 0.810 bits per heavy atom. The number of aromatic nitrogens is 1. The second-order valence-corrected chi connectivity index (χ2v) is 10.4. The van der Waals surface area contributed by atoms with E-state index >= 15 is 0 Å². The monoisotopic (exact) mass is 563 g/mol. The van der Waals surface area contributed by atoms with Gasteiger partial charge in [-0.1, -0.05) is 92.6 Å². The minimum absolute atomic E-state index is 0.0328. The number of carbonyl (C=O) groups excluding carboxylic acids is 2. The summed E-state index contributed by atoms with van der Waals surface area (Å²) in [6.07, 6.45) is 8.33. The molecule has 0 radical (unpaired) electrons. The van der Waals surface area contributed by atoms with Gasteiger partial charge in [-0.25, -0.2) is 0 Å². The fourth-order valence-corrected chi connectivity index (χ4v) is 4.87. The van der Waals surface area contributed by atoms with Crippen LogP contribution >= 0.6 is 0 Å². The fourth-order valence-electron chi connectivity index (χ4n) is 4.87. The number of nitrogens with zero attached hydrogens (tertiary/aromatic N) is 3. The van der Waals surface area contributed by atoms with E-state index in [2.05, 4.69) is 23.6 Å². The maximum absolute atomic E-state index is 13.9. The van der Waals surface area contributed by atoms with Crippen LogP contribution in [0.1, 0.15) is 48.6 Å². The van der Waals surface area contributed by atoms with Crippen LogP contribution in [0.25, 0.3) is 6.08 Å². The van der Waals surface area contributed by atoms with Crippen LogP contribution in [0.2, 0.25) is 0 Å². The van der Waals surface area contributed by atoms with Crippen molar-refractivity contribution in [1.29, 1.82) is 0 Å². The zero-order valence-corrected chi connectivity index (χ0v) is 24.7. The molecule has 4 aromatic rings. The Hall–Kier alpha value is -4.58. The molecule has 1 heterocycles. The van der Waals surface area contributed by atoms with Crippen molar-refractivity contribution in [1.82, 2.24) is 14.4 Å². The van der Waals surface area contributed by atoms with Crippen LogP contribution in [0.3, 0.4) is 0 Å². The maximum atomic E-state index is 13.9. The molecule has 3 aromatic carbocycles. The van der Waals surface area contributed by atoms with Crippen LogP contribution in [-0.2, 0) is 29.2 Å². The smallest absolute Gasteiger partial charge is 0.247 e. The lowest BCUT2D eigenvalue weighted by Crippen LogP contribution is -2.42. The van der Waals surface area contributed by atoms with Gasteiger partial charge in [0, 0.05) is 37.6 Å². The van der Waals surface area contributed by atoms with Crippen molar-refractivity contribution >= 4 is 17.9 Å². The molecule has 0 N–H and O–H groups in total. The highest BCUT2D eigenvalue weighted by Crippen LogP contribution is 2.17. The molecule has 0 aliphatic carbocycles. The SMILES string of the molecule is CCCCCN(CC(=O)N(Cc1ccccc1)Cc1cccn1Cc1cccc(OC)c1)C(=O)/C=C/c1ccccc1. The molecule has 0 aliphatic rings. The van der Waals surface area contributed by atoms with Gasteiger partial charge in [0.1, 0.15) is 12.3 Å². The minimum Gasteiger partial charge on any atom is -0.497 e. The largest absolute Gasteiger partial charge is 0.497 e. The topological polar surface area (TPSA) is 54.8 Å². The third-order valence-electron chi connectivity index (χ3n) is 7.22. The molecule has 2 amide bonds. The Kier molecular flexibility index (Phi) is 11.6. The summed E-state index contributed by atoms with van der Waals surface area (Å²) in [7, 11) is 1.67. The van der Waals surface area contributed by atoms with Gasteiger partial charge in [-0.15, -0.1) is 0 Å². The molecule has 0 aliphatic heterocycles. The van der Waals surface area contributed by atoms with Gasteiger partial charge in [-0.05, 0) is 53.5 Å². The van der Waals surface area contributed by atoms with Crippen LogP contribution < -0.4 is 4.74 Å². The van der Waals surface area contributed by atoms with Crippen LogP contribution in [0.5, 0.6) is 5.75 Å². The van der Waals surface area contributed by atoms with Gasteiger partial charge in [0.25, 0.3) is 0 Å². The van der Waals surface area contributed by atoms with Gasteiger partial charge >= 0.3 is 0 Å². The second-order valence-electron chi connectivity index (χ2n) is 10.4. The predicted molar refractivity (Wildman–Crippen MR) is 169 cm³/mol. The molecule has 0 saturated carbocycles. The quantitative estimate of drug-likeness (QED) is 0.118. The predicted octanol–water partition coefficient (Wildman–Crippen LogP) is 6.81. The lowest BCUT2D eigenvalue weighted by molar-refractivity contribution is -0.139. The van der Waals surface area contributed by atoms with Crippen molar-refractivity contribution in [2.75, 3.05) is 20.2 Å². The van der Waals surface area contributed by atoms with Crippen LogP contribution in [-0.4, -0.2) is 46.4 Å². The van der Waals surface area contributed by atoms with E-state index in [4.69, 9.17) is 4.74 Å². The Balaban J connectivity index is 1.53. The molecular formula is C36H41N3O3. The number of carbonyl (C=O) groups is 2. The lowest BCUT2D eigenvalue weighted by Gasteiger charge is -2.28. The Morgan fingerprint density at radius 3 is 2.29 bits per heavy atom. The first-order chi connectivity index (χ1) is 20.6. The van der Waals surface area contributed by atoms with E-state index in [1.807, 2.05) is 102 Å². The van der Waals surface area contributed by atoms with E-state index < -0.39 is 0 Å². The molecule has 0 spiro atoms. The van der Waals surface area contributed by atoms with Gasteiger partial charge in [0.2, 0.25) is 11.8 Å². The van der Waals surface area contributed by atoms with E-state index in [0.29, 0.717) is 26.2 Å². The second kappa shape index (κ2) is 16.0. The highest BCUT2D eigenvalue weighted by molar-refractivity contribution is 5.94. The zero-order valence-electron chi connectivity index (χ0n) is 24.7. The van der Waals surface area contributed by atoms with Crippen molar-refractivity contribution in [2.45, 2.75) is 45.8 Å². The Labute approximate surface area is 249 Å². The molecule has 0 bridgehead atoms. The van der Waals surface area contributed by atoms with Crippen LogP contribution in [0, 0.1) is 0 Å². The first kappa shape index (κ1) is 30.4. The summed E-state index contributed by atoms with van der Waals surface area (Å²) in [5.41, 5.74) is 4.14. The number of benzene rings is 3. The standard InChI is InChI=1S/C36H41N3O3/c1-3-4-11-23-38(35(40)22-21-30-14-7-5-8-15-30)29-36(41)39(26-31-16-9-6-10-17-31)28-33-19-13-24-37(33)27-32-18-12-20-34(25-32)42-2/h5-10,12-22,24-25H,3-4,11,23,26-29H2,1-2H3/b22-21+. The third kappa shape index (κ3) is 9.23. The molecule has 42 heavy (non-hydrogen) atoms. The molecule has 0 fully saturated rings. The van der Waals surface area contributed by atoms with Crippen LogP contribution in [0.15, 0.2) is 109 Å². The van der Waals surface area contributed by atoms with Gasteiger partial charge in [0.15, 0.2) is 0 Å². The highest BCUT2D eigenvalue weighted by Gasteiger charge is 2.21. The normalized spacial score (nSPS) is 11.0. The van der Waals surface area contributed by atoms with E-state index in [0.717, 1.165) is 47.4 Å². The minimum atomic E-state index is -0.149. The molecule has 6 nitrogen and oxygen atoms in total. The summed E-state index contributed by atoms with van der Waals surface area (Å²) < 4.78 is 7.56. The summed E-state index contributed by atoms with van der Waals surface area (Å²) in [6, 6.07) is 31.8. The number of methoxy groups -OCH3 is 1. The Morgan fingerprint density at radius 2 is 1.55 bits per heavy atom. The molecule has 6 heteroatoms. The van der Waals surface area contributed by atoms with Gasteiger partial charge in [0.05, 0.1) is 13.7 Å². The summed E-state index contributed by atoms with van der Waals surface area (Å²) in [5, 5.41) is 0. The molecule has 0 saturated heterocycles. The summed E-state index contributed by atoms with van der Waals surface area (Å²) in [5.74, 6) is 0.589. The number of amides is 2. The number of hydrogen-bond acceptors (Lipinski definition) is 3. The summed E-state index contributed by atoms with van der Waals surface area (Å²) >= 11 is 0. The highest BCUT2D eigenvalue weighted by atomic mass is 16.5. The van der Waals surface area contributed by atoms with Crippen molar-refractivity contribution < 1.29 is 14.3 Å². The first-order valence-corrected chi connectivity index (χ1v) is 14.7. The van der Waals surface area contributed by atoms with Gasteiger partial charge in [-0.2, -0.15) is 0 Å². The van der Waals surface area contributed by atoms with E-state index in [9.17, 15) is 9.59 Å². The van der Waals surface area contributed by atoms with Crippen molar-refractivity contribution in [3.8, 4) is 5.75 Å². The van der Waals surface area contributed by atoms with E-state index in [-0.39, 0.29) is 18.4 Å². The van der Waals surface area contributed by atoms with Gasteiger partial charge in [-0.3, -0.25) is 9.59 Å². The van der Waals surface area contributed by atoms with Crippen LogP contribution in [0.4, 0.5) is 0 Å². The maximum Gasteiger partial charge on any atom is 0.247 e. The molecule has 218 valence electrons. The number of ether oxygens (including phenoxy) is 1. The number of rotatable bonds is 15. The summed E-state index contributed by atoms with van der Waals surface area (Å²) in [6.45, 7) is 4.27. The lowest BCUT2D eigenvalue weighted by atomic mass is 10.2. The molecule has 0 atom stereocenters. The Bertz CT molecular complexity index is 1430. The first-order valence-electron chi connectivity index (χ1n) is 14.7. The van der Waals surface area contributed by atoms with Crippen molar-refractivity contribution in [2.24, 2.45) is 0 Å². The van der Waals surface area contributed by atoms with E-state index in [1.165, 1.54) is 0 Å². The molecular weight excluding hydrogens is 522 g/mol.